The summed E-state index contributed by atoms with van der Waals surface area (Å²) in [6.45, 7) is 3.90. The number of nitrogens with zero attached hydrogens (tertiary/aromatic N) is 2. The largest absolute Gasteiger partial charge is 0.492 e. The molecule has 0 unspecified atom stereocenters. The lowest BCUT2D eigenvalue weighted by atomic mass is 10.1. The third kappa shape index (κ3) is 7.35. The molecule has 2 rings (SSSR count). The Hall–Kier alpha value is -2.65. The number of likely N-dealkylation sites (tertiary alicyclic amines) is 1. The minimum absolute atomic E-state index is 0.163. The molecule has 2 N–H and O–H groups in total. The summed E-state index contributed by atoms with van der Waals surface area (Å²) in [4.78, 5) is 17.5. The predicted octanol–water partition coefficient (Wildman–Crippen LogP) is 2.87. The highest BCUT2D eigenvalue weighted by Crippen LogP contribution is 2.31. The average molecular weight is 416 g/mol. The van der Waals surface area contributed by atoms with E-state index in [1.807, 2.05) is 0 Å². The number of aliphatic imine (C=N–C) groups is 1. The van der Waals surface area contributed by atoms with Crippen LogP contribution in [0, 0.1) is 0 Å². The van der Waals surface area contributed by atoms with Gasteiger partial charge < -0.3 is 25.0 Å². The summed E-state index contributed by atoms with van der Waals surface area (Å²) in [5.74, 6) is 0.739. The maximum absolute atomic E-state index is 12.7. The predicted molar refractivity (Wildman–Crippen MR) is 103 cm³/mol. The molecular formula is C19H27F3N4O3. The highest BCUT2D eigenvalue weighted by Gasteiger charge is 2.30. The van der Waals surface area contributed by atoms with Crippen molar-refractivity contribution in [3.8, 4) is 5.75 Å². The zero-order valence-electron chi connectivity index (χ0n) is 16.6. The summed E-state index contributed by atoms with van der Waals surface area (Å²) in [5.41, 5.74) is -0.741. The van der Waals surface area contributed by atoms with Crippen molar-refractivity contribution in [3.05, 3.63) is 29.8 Å². The van der Waals surface area contributed by atoms with Crippen LogP contribution in [0.3, 0.4) is 0 Å². The van der Waals surface area contributed by atoms with E-state index in [9.17, 15) is 18.0 Å². The fourth-order valence-electron chi connectivity index (χ4n) is 2.91. The van der Waals surface area contributed by atoms with Crippen molar-refractivity contribution in [2.75, 3.05) is 39.9 Å². The monoisotopic (exact) mass is 416 g/mol. The van der Waals surface area contributed by atoms with Crippen LogP contribution in [-0.2, 0) is 10.9 Å². The van der Waals surface area contributed by atoms with Gasteiger partial charge in [-0.15, -0.1) is 0 Å². The number of piperidine rings is 1. The Labute approximate surface area is 168 Å². The molecule has 0 radical (unpaired) electrons. The molecule has 1 fully saturated rings. The normalized spacial score (nSPS) is 15.8. The Morgan fingerprint density at radius 2 is 2.03 bits per heavy atom. The third-order valence-corrected chi connectivity index (χ3v) is 4.41. The van der Waals surface area contributed by atoms with Gasteiger partial charge in [-0.05, 0) is 38.0 Å². The minimum Gasteiger partial charge on any atom is -0.492 e. The molecule has 10 heteroatoms. The molecule has 0 spiro atoms. The van der Waals surface area contributed by atoms with Crippen LogP contribution in [0.1, 0.15) is 25.3 Å². The van der Waals surface area contributed by atoms with Gasteiger partial charge in [0, 0.05) is 26.2 Å². The number of halogens is 3. The lowest BCUT2D eigenvalue weighted by Gasteiger charge is -2.32. The van der Waals surface area contributed by atoms with Crippen LogP contribution >= 0.6 is 0 Å². The molecule has 0 saturated carbocycles. The van der Waals surface area contributed by atoms with Crippen LogP contribution in [-0.4, -0.2) is 62.9 Å². The molecule has 0 aromatic heterocycles. The average Bonchev–Trinajstić information content (AvgIpc) is 2.70. The van der Waals surface area contributed by atoms with Crippen molar-refractivity contribution in [1.82, 2.24) is 15.5 Å². The molecule has 1 aliphatic heterocycles. The first kappa shape index (κ1) is 22.6. The first-order valence-corrected chi connectivity index (χ1v) is 9.52. The van der Waals surface area contributed by atoms with E-state index in [1.54, 1.807) is 18.9 Å². The second kappa shape index (κ2) is 10.8. The molecule has 1 aliphatic rings. The van der Waals surface area contributed by atoms with E-state index in [0.29, 0.717) is 32.2 Å². The highest BCUT2D eigenvalue weighted by molar-refractivity contribution is 5.80. The number of rotatable bonds is 6. The molecule has 29 heavy (non-hydrogen) atoms. The molecule has 1 aromatic carbocycles. The van der Waals surface area contributed by atoms with Crippen LogP contribution in [0.25, 0.3) is 0 Å². The van der Waals surface area contributed by atoms with E-state index in [-0.39, 0.29) is 24.5 Å². The van der Waals surface area contributed by atoms with Gasteiger partial charge in [0.2, 0.25) is 0 Å². The van der Waals surface area contributed by atoms with Gasteiger partial charge in [0.25, 0.3) is 0 Å². The van der Waals surface area contributed by atoms with Gasteiger partial charge in [-0.25, -0.2) is 4.79 Å². The van der Waals surface area contributed by atoms with E-state index in [2.05, 4.69) is 15.6 Å². The molecule has 1 heterocycles. The third-order valence-electron chi connectivity index (χ3n) is 4.41. The Kier molecular flexibility index (Phi) is 8.41. The van der Waals surface area contributed by atoms with Crippen molar-refractivity contribution in [3.63, 3.8) is 0 Å². The molecule has 162 valence electrons. The lowest BCUT2D eigenvalue weighted by Crippen LogP contribution is -2.50. The summed E-state index contributed by atoms with van der Waals surface area (Å²) in [6.07, 6.45) is -3.16. The number of alkyl halides is 3. The van der Waals surface area contributed by atoms with E-state index in [0.717, 1.165) is 25.0 Å². The van der Waals surface area contributed by atoms with Gasteiger partial charge in [-0.1, -0.05) is 6.07 Å². The number of benzene rings is 1. The smallest absolute Gasteiger partial charge is 0.416 e. The number of carbonyl (C=O) groups is 1. The number of nitrogens with one attached hydrogen (secondary N) is 2. The van der Waals surface area contributed by atoms with Crippen LogP contribution in [0.15, 0.2) is 29.3 Å². The number of carbonyl (C=O) groups excluding carboxylic acids is 1. The number of hydrogen-bond acceptors (Lipinski definition) is 4. The summed E-state index contributed by atoms with van der Waals surface area (Å²) >= 11 is 0. The van der Waals surface area contributed by atoms with Crippen molar-refractivity contribution in [1.29, 1.82) is 0 Å². The van der Waals surface area contributed by atoms with E-state index in [4.69, 9.17) is 9.47 Å². The quantitative estimate of drug-likeness (QED) is 0.424. The highest BCUT2D eigenvalue weighted by atomic mass is 19.4. The molecule has 0 aliphatic carbocycles. The summed E-state index contributed by atoms with van der Waals surface area (Å²) in [6, 6.07) is 4.94. The van der Waals surface area contributed by atoms with Crippen LogP contribution in [0.4, 0.5) is 18.0 Å². The van der Waals surface area contributed by atoms with Crippen molar-refractivity contribution in [2.24, 2.45) is 4.99 Å². The van der Waals surface area contributed by atoms with E-state index in [1.165, 1.54) is 12.1 Å². The number of ether oxygens (including phenoxy) is 2. The summed E-state index contributed by atoms with van der Waals surface area (Å²) < 4.78 is 48.5. The van der Waals surface area contributed by atoms with Gasteiger partial charge in [0.1, 0.15) is 12.4 Å². The maximum Gasteiger partial charge on any atom is 0.416 e. The Morgan fingerprint density at radius 3 is 2.66 bits per heavy atom. The van der Waals surface area contributed by atoms with Crippen molar-refractivity contribution >= 4 is 12.1 Å². The topological polar surface area (TPSA) is 75.2 Å². The molecular weight excluding hydrogens is 389 g/mol. The van der Waals surface area contributed by atoms with E-state index < -0.39 is 11.7 Å². The standard InChI is InChI=1S/C19H27F3N4O3/c1-3-28-18(27)26-10-7-15(8-11-26)25-17(23-2)24-9-12-29-16-6-4-5-14(13-16)19(20,21)22/h4-6,13,15H,3,7-12H2,1-2H3,(H2,23,24,25). The molecule has 0 bridgehead atoms. The van der Waals surface area contributed by atoms with Crippen molar-refractivity contribution < 1.29 is 27.4 Å². The van der Waals surface area contributed by atoms with Gasteiger partial charge in [0.05, 0.1) is 18.7 Å². The Bertz CT molecular complexity index is 690. The second-order valence-electron chi connectivity index (χ2n) is 6.48. The van der Waals surface area contributed by atoms with Gasteiger partial charge in [0.15, 0.2) is 5.96 Å². The zero-order chi connectivity index (χ0) is 21.3. The minimum atomic E-state index is -4.40. The van der Waals surface area contributed by atoms with Gasteiger partial charge >= 0.3 is 12.3 Å². The fraction of sp³-hybridized carbons (Fsp3) is 0.579. The van der Waals surface area contributed by atoms with Crippen LogP contribution < -0.4 is 15.4 Å². The maximum atomic E-state index is 12.7. The molecule has 1 aromatic rings. The molecule has 1 amide bonds. The van der Waals surface area contributed by atoms with E-state index >= 15 is 0 Å². The van der Waals surface area contributed by atoms with Crippen molar-refractivity contribution in [2.45, 2.75) is 32.0 Å². The zero-order valence-corrected chi connectivity index (χ0v) is 16.6. The van der Waals surface area contributed by atoms with Crippen LogP contribution in [0.2, 0.25) is 0 Å². The summed E-state index contributed by atoms with van der Waals surface area (Å²) in [7, 11) is 1.64. The lowest BCUT2D eigenvalue weighted by molar-refractivity contribution is -0.137. The molecule has 0 atom stereocenters. The number of guanidine groups is 1. The second-order valence-corrected chi connectivity index (χ2v) is 6.48. The first-order chi connectivity index (χ1) is 13.8. The SMILES string of the molecule is CCOC(=O)N1CCC(NC(=NC)NCCOc2cccc(C(F)(F)F)c2)CC1. The molecule has 7 nitrogen and oxygen atoms in total. The van der Waals surface area contributed by atoms with Gasteiger partial charge in [-0.3, -0.25) is 4.99 Å². The Morgan fingerprint density at radius 1 is 1.31 bits per heavy atom. The first-order valence-electron chi connectivity index (χ1n) is 9.52. The summed E-state index contributed by atoms with van der Waals surface area (Å²) in [5, 5.41) is 6.35. The Balaban J connectivity index is 1.70. The fourth-order valence-corrected chi connectivity index (χ4v) is 2.91. The molecule has 1 saturated heterocycles. The van der Waals surface area contributed by atoms with Gasteiger partial charge in [-0.2, -0.15) is 13.2 Å². The van der Waals surface area contributed by atoms with Crippen LogP contribution in [0.5, 0.6) is 5.75 Å². The number of hydrogen-bond donors (Lipinski definition) is 2. The number of amides is 1.